The van der Waals surface area contributed by atoms with Crippen LogP contribution in [-0.4, -0.2) is 48.9 Å². The van der Waals surface area contributed by atoms with E-state index in [1.54, 1.807) is 0 Å². The Kier molecular flexibility index (Phi) is 5.76. The van der Waals surface area contributed by atoms with Gasteiger partial charge in [0.15, 0.2) is 0 Å². The second-order valence-electron chi connectivity index (χ2n) is 6.16. The Bertz CT molecular complexity index is 441. The molecule has 21 heavy (non-hydrogen) atoms. The molecule has 1 aliphatic rings. The summed E-state index contributed by atoms with van der Waals surface area (Å²) < 4.78 is 0. The Labute approximate surface area is 127 Å². The van der Waals surface area contributed by atoms with Crippen LogP contribution >= 0.6 is 0 Å². The number of hydrogen-bond acceptors (Lipinski definition) is 3. The highest BCUT2D eigenvalue weighted by Crippen LogP contribution is 2.25. The molecule has 0 radical (unpaired) electrons. The third-order valence-corrected chi connectivity index (χ3v) is 4.26. The molecule has 4 nitrogen and oxygen atoms in total. The number of rotatable bonds is 6. The van der Waals surface area contributed by atoms with E-state index in [-0.39, 0.29) is 5.91 Å². The molecular formula is C17H27N3O. The summed E-state index contributed by atoms with van der Waals surface area (Å²) in [5.41, 5.74) is 7.11. The van der Waals surface area contributed by atoms with Gasteiger partial charge in [-0.1, -0.05) is 43.2 Å². The van der Waals surface area contributed by atoms with Crippen LogP contribution in [0.5, 0.6) is 0 Å². The molecule has 1 fully saturated rings. The zero-order valence-corrected chi connectivity index (χ0v) is 13.2. The number of carbonyl (C=O) groups is 1. The van der Waals surface area contributed by atoms with Crippen molar-refractivity contribution in [1.82, 2.24) is 9.80 Å². The van der Waals surface area contributed by atoms with E-state index >= 15 is 0 Å². The van der Waals surface area contributed by atoms with E-state index in [4.69, 9.17) is 5.73 Å². The molecular weight excluding hydrogens is 262 g/mol. The van der Waals surface area contributed by atoms with Crippen LogP contribution in [0.2, 0.25) is 0 Å². The van der Waals surface area contributed by atoms with Crippen LogP contribution in [0, 0.1) is 0 Å². The lowest BCUT2D eigenvalue weighted by atomic mass is 10.0. The minimum Gasteiger partial charge on any atom is -0.337 e. The van der Waals surface area contributed by atoms with Gasteiger partial charge >= 0.3 is 0 Å². The Morgan fingerprint density at radius 3 is 2.38 bits per heavy atom. The molecule has 1 aromatic rings. The minimum atomic E-state index is -0.547. The highest BCUT2D eigenvalue weighted by Gasteiger charge is 2.30. The van der Waals surface area contributed by atoms with E-state index in [0.717, 1.165) is 31.5 Å². The van der Waals surface area contributed by atoms with E-state index in [2.05, 4.69) is 4.90 Å². The molecule has 0 spiro atoms. The summed E-state index contributed by atoms with van der Waals surface area (Å²) in [6, 6.07) is 9.50. The van der Waals surface area contributed by atoms with Crippen molar-refractivity contribution >= 4 is 5.91 Å². The molecule has 1 saturated carbocycles. The van der Waals surface area contributed by atoms with Gasteiger partial charge < -0.3 is 15.5 Å². The van der Waals surface area contributed by atoms with E-state index in [1.807, 2.05) is 49.3 Å². The molecule has 1 atom stereocenters. The fourth-order valence-corrected chi connectivity index (χ4v) is 2.98. The smallest absolute Gasteiger partial charge is 0.244 e. The average Bonchev–Trinajstić information content (AvgIpc) is 3.01. The van der Waals surface area contributed by atoms with Crippen LogP contribution in [-0.2, 0) is 4.79 Å². The van der Waals surface area contributed by atoms with Gasteiger partial charge in [0.2, 0.25) is 5.91 Å². The van der Waals surface area contributed by atoms with Crippen LogP contribution in [0.25, 0.3) is 0 Å². The Hall–Kier alpha value is -1.39. The van der Waals surface area contributed by atoms with Crippen molar-refractivity contribution < 1.29 is 4.79 Å². The molecule has 2 N–H and O–H groups in total. The summed E-state index contributed by atoms with van der Waals surface area (Å²) in [4.78, 5) is 17.0. The molecule has 116 valence electrons. The predicted octanol–water partition coefficient (Wildman–Crippen LogP) is 2.02. The highest BCUT2D eigenvalue weighted by atomic mass is 16.2. The van der Waals surface area contributed by atoms with E-state index in [0.29, 0.717) is 6.04 Å². The van der Waals surface area contributed by atoms with E-state index in [9.17, 15) is 4.79 Å². The first-order chi connectivity index (χ1) is 10.1. The van der Waals surface area contributed by atoms with Crippen LogP contribution in [0.3, 0.4) is 0 Å². The molecule has 0 aromatic heterocycles. The third-order valence-electron chi connectivity index (χ3n) is 4.26. The van der Waals surface area contributed by atoms with Crippen molar-refractivity contribution in [2.24, 2.45) is 5.73 Å². The van der Waals surface area contributed by atoms with Crippen molar-refractivity contribution in [2.75, 3.05) is 27.2 Å². The molecule has 1 aromatic carbocycles. The quantitative estimate of drug-likeness (QED) is 0.871. The largest absolute Gasteiger partial charge is 0.337 e. The first kappa shape index (κ1) is 16.0. The second-order valence-corrected chi connectivity index (χ2v) is 6.16. The third kappa shape index (κ3) is 4.29. The normalized spacial score (nSPS) is 17.1. The first-order valence-corrected chi connectivity index (χ1v) is 7.85. The van der Waals surface area contributed by atoms with Crippen LogP contribution in [0.1, 0.15) is 37.3 Å². The van der Waals surface area contributed by atoms with Crippen molar-refractivity contribution in [3.63, 3.8) is 0 Å². The summed E-state index contributed by atoms with van der Waals surface area (Å²) >= 11 is 0. The number of nitrogens with two attached hydrogens (primary N) is 1. The highest BCUT2D eigenvalue weighted by molar-refractivity contribution is 5.83. The molecule has 0 bridgehead atoms. The van der Waals surface area contributed by atoms with Crippen LogP contribution in [0.15, 0.2) is 30.3 Å². The Morgan fingerprint density at radius 1 is 1.19 bits per heavy atom. The lowest BCUT2D eigenvalue weighted by Crippen LogP contribution is -2.46. The van der Waals surface area contributed by atoms with Crippen molar-refractivity contribution in [1.29, 1.82) is 0 Å². The zero-order chi connectivity index (χ0) is 15.2. The molecule has 0 saturated heterocycles. The monoisotopic (exact) mass is 289 g/mol. The van der Waals surface area contributed by atoms with Crippen molar-refractivity contribution in [3.05, 3.63) is 35.9 Å². The fourth-order valence-electron chi connectivity index (χ4n) is 2.98. The Balaban J connectivity index is 2.09. The summed E-state index contributed by atoms with van der Waals surface area (Å²) in [5.74, 6) is 0.0648. The number of likely N-dealkylation sites (N-methyl/N-ethyl adjacent to an activating group) is 1. The van der Waals surface area contributed by atoms with Gasteiger partial charge in [0, 0.05) is 19.1 Å². The summed E-state index contributed by atoms with van der Waals surface area (Å²) in [6.45, 7) is 1.64. The lowest BCUT2D eigenvalue weighted by molar-refractivity contribution is -0.135. The van der Waals surface area contributed by atoms with Gasteiger partial charge in [-0.15, -0.1) is 0 Å². The Morgan fingerprint density at radius 2 is 1.81 bits per heavy atom. The predicted molar refractivity (Wildman–Crippen MR) is 85.9 cm³/mol. The molecule has 0 aliphatic heterocycles. The lowest BCUT2D eigenvalue weighted by Gasteiger charge is -2.32. The molecule has 1 aliphatic carbocycles. The zero-order valence-electron chi connectivity index (χ0n) is 13.2. The van der Waals surface area contributed by atoms with E-state index in [1.165, 1.54) is 12.8 Å². The number of hydrogen-bond donors (Lipinski definition) is 1. The molecule has 2 rings (SSSR count). The van der Waals surface area contributed by atoms with Crippen molar-refractivity contribution in [2.45, 2.75) is 37.8 Å². The number of amides is 1. The fraction of sp³-hybridized carbons (Fsp3) is 0.588. The van der Waals surface area contributed by atoms with Gasteiger partial charge in [0.05, 0.1) is 0 Å². The van der Waals surface area contributed by atoms with Gasteiger partial charge in [-0.25, -0.2) is 0 Å². The SMILES string of the molecule is CN(C)CCN(C(=O)[C@H](N)c1ccccc1)C1CCCC1. The maximum Gasteiger partial charge on any atom is 0.244 e. The van der Waals surface area contributed by atoms with Crippen LogP contribution < -0.4 is 5.73 Å². The average molecular weight is 289 g/mol. The summed E-state index contributed by atoms with van der Waals surface area (Å²) in [5, 5.41) is 0. The maximum absolute atomic E-state index is 12.8. The van der Waals surface area contributed by atoms with Gasteiger partial charge in [-0.3, -0.25) is 4.79 Å². The maximum atomic E-state index is 12.8. The number of benzene rings is 1. The van der Waals surface area contributed by atoms with Crippen LogP contribution in [0.4, 0.5) is 0 Å². The second kappa shape index (κ2) is 7.57. The summed E-state index contributed by atoms with van der Waals surface area (Å²) in [6.07, 6.45) is 4.66. The van der Waals surface area contributed by atoms with Crippen molar-refractivity contribution in [3.8, 4) is 0 Å². The number of carbonyl (C=O) groups excluding carboxylic acids is 1. The first-order valence-electron chi connectivity index (χ1n) is 7.85. The van der Waals surface area contributed by atoms with Gasteiger partial charge in [0.1, 0.15) is 6.04 Å². The van der Waals surface area contributed by atoms with Gasteiger partial charge in [-0.05, 0) is 32.5 Å². The van der Waals surface area contributed by atoms with Gasteiger partial charge in [-0.2, -0.15) is 0 Å². The van der Waals surface area contributed by atoms with E-state index < -0.39 is 6.04 Å². The molecule has 1 amide bonds. The molecule has 0 heterocycles. The molecule has 0 unspecified atom stereocenters. The van der Waals surface area contributed by atoms with Gasteiger partial charge in [0.25, 0.3) is 0 Å². The minimum absolute atomic E-state index is 0.0648. The molecule has 4 heteroatoms. The number of nitrogens with zero attached hydrogens (tertiary/aromatic N) is 2. The summed E-state index contributed by atoms with van der Waals surface area (Å²) in [7, 11) is 4.07. The topological polar surface area (TPSA) is 49.6 Å². The standard InChI is InChI=1S/C17H27N3O/c1-19(2)12-13-20(15-10-6-7-11-15)17(21)16(18)14-8-4-3-5-9-14/h3-5,8-9,15-16H,6-7,10-13,18H2,1-2H3/t16-/m1/s1.